The SMILES string of the molecule is CSC1CCC(NCc2cc(C#N)n(C)c2)C1. The van der Waals surface area contributed by atoms with Crippen LogP contribution in [0.4, 0.5) is 0 Å². The lowest BCUT2D eigenvalue weighted by molar-refractivity contribution is 0.525. The topological polar surface area (TPSA) is 40.8 Å². The quantitative estimate of drug-likeness (QED) is 0.890. The van der Waals surface area contributed by atoms with E-state index in [-0.39, 0.29) is 0 Å². The summed E-state index contributed by atoms with van der Waals surface area (Å²) in [4.78, 5) is 0. The molecule has 1 aliphatic carbocycles. The molecular formula is C13H19N3S. The van der Waals surface area contributed by atoms with E-state index in [9.17, 15) is 0 Å². The van der Waals surface area contributed by atoms with Crippen LogP contribution in [0.25, 0.3) is 0 Å². The molecule has 0 amide bonds. The molecule has 4 heteroatoms. The van der Waals surface area contributed by atoms with E-state index in [0.29, 0.717) is 6.04 Å². The monoisotopic (exact) mass is 249 g/mol. The second kappa shape index (κ2) is 5.61. The molecule has 0 saturated heterocycles. The molecular weight excluding hydrogens is 230 g/mol. The summed E-state index contributed by atoms with van der Waals surface area (Å²) in [6, 6.07) is 4.81. The van der Waals surface area contributed by atoms with E-state index in [2.05, 4.69) is 17.6 Å². The predicted octanol–water partition coefficient (Wildman–Crippen LogP) is 2.27. The Morgan fingerprint density at radius 1 is 1.59 bits per heavy atom. The fourth-order valence-corrected chi connectivity index (χ4v) is 3.24. The largest absolute Gasteiger partial charge is 0.342 e. The highest BCUT2D eigenvalue weighted by Gasteiger charge is 2.23. The van der Waals surface area contributed by atoms with Crippen molar-refractivity contribution < 1.29 is 0 Å². The van der Waals surface area contributed by atoms with Crippen LogP contribution in [0.3, 0.4) is 0 Å². The van der Waals surface area contributed by atoms with E-state index in [4.69, 9.17) is 5.26 Å². The molecule has 1 aromatic heterocycles. The molecule has 92 valence electrons. The number of hydrogen-bond donors (Lipinski definition) is 1. The molecule has 1 fully saturated rings. The number of aryl methyl sites for hydroxylation is 1. The molecule has 3 nitrogen and oxygen atoms in total. The first kappa shape index (κ1) is 12.5. The third-order valence-electron chi connectivity index (χ3n) is 3.49. The van der Waals surface area contributed by atoms with Crippen LogP contribution in [0.5, 0.6) is 0 Å². The first-order chi connectivity index (χ1) is 8.22. The third kappa shape index (κ3) is 3.05. The second-order valence-corrected chi connectivity index (χ2v) is 5.84. The Hall–Kier alpha value is -0.920. The zero-order valence-corrected chi connectivity index (χ0v) is 11.3. The fourth-order valence-electron chi connectivity index (χ4n) is 2.44. The highest BCUT2D eigenvalue weighted by atomic mass is 32.2. The van der Waals surface area contributed by atoms with Gasteiger partial charge in [-0.25, -0.2) is 0 Å². The van der Waals surface area contributed by atoms with Gasteiger partial charge in [0.25, 0.3) is 0 Å². The zero-order valence-electron chi connectivity index (χ0n) is 10.4. The molecule has 17 heavy (non-hydrogen) atoms. The van der Waals surface area contributed by atoms with Crippen molar-refractivity contribution in [2.75, 3.05) is 6.26 Å². The van der Waals surface area contributed by atoms with Gasteiger partial charge in [-0.1, -0.05) is 0 Å². The van der Waals surface area contributed by atoms with Crippen molar-refractivity contribution in [3.63, 3.8) is 0 Å². The van der Waals surface area contributed by atoms with Gasteiger partial charge in [-0.3, -0.25) is 0 Å². The summed E-state index contributed by atoms with van der Waals surface area (Å²) >= 11 is 1.98. The van der Waals surface area contributed by atoms with Gasteiger partial charge in [0.2, 0.25) is 0 Å². The molecule has 1 heterocycles. The van der Waals surface area contributed by atoms with Crippen LogP contribution in [0.15, 0.2) is 12.3 Å². The number of hydrogen-bond acceptors (Lipinski definition) is 3. The van der Waals surface area contributed by atoms with Gasteiger partial charge in [-0.2, -0.15) is 17.0 Å². The number of nitriles is 1. The Bertz CT molecular complexity index is 419. The number of thioether (sulfide) groups is 1. The molecule has 1 saturated carbocycles. The predicted molar refractivity (Wildman–Crippen MR) is 71.9 cm³/mol. The lowest BCUT2D eigenvalue weighted by Crippen LogP contribution is -2.25. The minimum Gasteiger partial charge on any atom is -0.342 e. The molecule has 0 bridgehead atoms. The van der Waals surface area contributed by atoms with Gasteiger partial charge in [-0.15, -0.1) is 0 Å². The van der Waals surface area contributed by atoms with Crippen molar-refractivity contribution in [2.45, 2.75) is 37.1 Å². The van der Waals surface area contributed by atoms with E-state index in [1.165, 1.54) is 24.8 Å². The molecule has 0 radical (unpaired) electrons. The molecule has 1 aliphatic rings. The Morgan fingerprint density at radius 3 is 3.00 bits per heavy atom. The summed E-state index contributed by atoms with van der Waals surface area (Å²) in [6.45, 7) is 0.876. The van der Waals surface area contributed by atoms with Crippen molar-refractivity contribution in [1.82, 2.24) is 9.88 Å². The maximum atomic E-state index is 8.88. The maximum absolute atomic E-state index is 8.88. The minimum atomic E-state index is 0.651. The highest BCUT2D eigenvalue weighted by molar-refractivity contribution is 7.99. The summed E-state index contributed by atoms with van der Waals surface area (Å²) in [5.41, 5.74) is 1.94. The highest BCUT2D eigenvalue weighted by Crippen LogP contribution is 2.28. The Balaban J connectivity index is 1.84. The third-order valence-corrected chi connectivity index (χ3v) is 4.58. The van der Waals surface area contributed by atoms with Crippen LogP contribution in [0.1, 0.15) is 30.5 Å². The smallest absolute Gasteiger partial charge is 0.120 e. The van der Waals surface area contributed by atoms with Crippen LogP contribution >= 0.6 is 11.8 Å². The molecule has 1 aromatic rings. The van der Waals surface area contributed by atoms with E-state index in [0.717, 1.165) is 17.5 Å². The van der Waals surface area contributed by atoms with E-state index >= 15 is 0 Å². The average molecular weight is 249 g/mol. The van der Waals surface area contributed by atoms with Gasteiger partial charge in [0, 0.05) is 31.1 Å². The van der Waals surface area contributed by atoms with E-state index < -0.39 is 0 Å². The normalized spacial score (nSPS) is 23.8. The molecule has 2 atom stereocenters. The molecule has 0 aromatic carbocycles. The Kier molecular flexibility index (Phi) is 4.14. The molecule has 2 rings (SSSR count). The standard InChI is InChI=1S/C13H19N3S/c1-16-9-10(5-12(16)7-14)8-15-11-3-4-13(6-11)17-2/h5,9,11,13,15H,3-4,6,8H2,1-2H3. The van der Waals surface area contributed by atoms with Gasteiger partial charge in [0.05, 0.1) is 0 Å². The number of aromatic nitrogens is 1. The van der Waals surface area contributed by atoms with E-state index in [1.54, 1.807) is 0 Å². The lowest BCUT2D eigenvalue weighted by atomic mass is 10.2. The summed E-state index contributed by atoms with van der Waals surface area (Å²) in [5, 5.41) is 13.3. The first-order valence-electron chi connectivity index (χ1n) is 6.04. The van der Waals surface area contributed by atoms with Gasteiger partial charge in [0.1, 0.15) is 11.8 Å². The first-order valence-corrected chi connectivity index (χ1v) is 7.33. The molecule has 2 unspecified atom stereocenters. The van der Waals surface area contributed by atoms with Crippen LogP contribution in [0, 0.1) is 11.3 Å². The lowest BCUT2D eigenvalue weighted by Gasteiger charge is -2.11. The van der Waals surface area contributed by atoms with Crippen LogP contribution < -0.4 is 5.32 Å². The van der Waals surface area contributed by atoms with Crippen LogP contribution in [0.2, 0.25) is 0 Å². The van der Waals surface area contributed by atoms with Crippen LogP contribution in [-0.4, -0.2) is 22.1 Å². The molecule has 0 aliphatic heterocycles. The van der Waals surface area contributed by atoms with Gasteiger partial charge < -0.3 is 9.88 Å². The number of rotatable bonds is 4. The van der Waals surface area contributed by atoms with Crippen molar-refractivity contribution in [3.8, 4) is 6.07 Å². The Labute approximate surface area is 107 Å². The average Bonchev–Trinajstić information content (AvgIpc) is 2.92. The van der Waals surface area contributed by atoms with Crippen LogP contribution in [-0.2, 0) is 13.6 Å². The van der Waals surface area contributed by atoms with Gasteiger partial charge in [0.15, 0.2) is 0 Å². The van der Waals surface area contributed by atoms with Crippen molar-refractivity contribution in [2.24, 2.45) is 7.05 Å². The summed E-state index contributed by atoms with van der Waals surface area (Å²) in [5.74, 6) is 0. The minimum absolute atomic E-state index is 0.651. The van der Waals surface area contributed by atoms with Gasteiger partial charge >= 0.3 is 0 Å². The summed E-state index contributed by atoms with van der Waals surface area (Å²) in [6.07, 6.45) is 8.12. The summed E-state index contributed by atoms with van der Waals surface area (Å²) < 4.78 is 1.89. The van der Waals surface area contributed by atoms with Crippen molar-refractivity contribution in [3.05, 3.63) is 23.5 Å². The maximum Gasteiger partial charge on any atom is 0.120 e. The molecule has 0 spiro atoms. The number of nitrogens with one attached hydrogen (secondary N) is 1. The van der Waals surface area contributed by atoms with Gasteiger partial charge in [-0.05, 0) is 37.1 Å². The summed E-state index contributed by atoms with van der Waals surface area (Å²) in [7, 11) is 1.92. The second-order valence-electron chi connectivity index (χ2n) is 4.70. The fraction of sp³-hybridized carbons (Fsp3) is 0.615. The van der Waals surface area contributed by atoms with Crippen molar-refractivity contribution >= 4 is 11.8 Å². The number of nitrogens with zero attached hydrogens (tertiary/aromatic N) is 2. The Morgan fingerprint density at radius 2 is 2.41 bits per heavy atom. The zero-order chi connectivity index (χ0) is 12.3. The van der Waals surface area contributed by atoms with E-state index in [1.807, 2.05) is 35.6 Å². The molecule has 1 N–H and O–H groups in total. The van der Waals surface area contributed by atoms with Crippen molar-refractivity contribution in [1.29, 1.82) is 5.26 Å².